The van der Waals surface area contributed by atoms with Crippen molar-refractivity contribution in [1.82, 2.24) is 5.32 Å². The normalized spacial score (nSPS) is 18.7. The topological polar surface area (TPSA) is 84.4 Å². The summed E-state index contributed by atoms with van der Waals surface area (Å²) < 4.78 is 14.1. The molecule has 0 bridgehead atoms. The number of rotatable bonds is 2. The van der Waals surface area contributed by atoms with Gasteiger partial charge in [0, 0.05) is 26.1 Å². The van der Waals surface area contributed by atoms with Gasteiger partial charge in [-0.15, -0.1) is 0 Å². The predicted molar refractivity (Wildman–Crippen MR) is 74.7 cm³/mol. The highest BCUT2D eigenvalue weighted by Crippen LogP contribution is 2.37. The molecular weight excluding hydrogens is 271 g/mol. The van der Waals surface area contributed by atoms with Crippen LogP contribution in [0, 0.1) is 5.82 Å². The van der Waals surface area contributed by atoms with E-state index in [9.17, 15) is 9.18 Å². The predicted octanol–water partition coefficient (Wildman–Crippen LogP) is 1.36. The third-order valence-electron chi connectivity index (χ3n) is 3.15. The maximum Gasteiger partial charge on any atom is 0.217 e. The molecule has 5 nitrogen and oxygen atoms in total. The van der Waals surface area contributed by atoms with Gasteiger partial charge in [0.15, 0.2) is 5.82 Å². The number of amides is 1. The fraction of sp³-hybridized carbons (Fsp3) is 0.417. The summed E-state index contributed by atoms with van der Waals surface area (Å²) in [5.74, 6) is -0.710. The van der Waals surface area contributed by atoms with E-state index in [0.717, 1.165) is 6.42 Å². The lowest BCUT2D eigenvalue weighted by Gasteiger charge is -2.22. The molecule has 19 heavy (non-hydrogen) atoms. The van der Waals surface area contributed by atoms with E-state index in [4.69, 9.17) is 23.1 Å². The summed E-state index contributed by atoms with van der Waals surface area (Å²) in [5.41, 5.74) is 12.0. The van der Waals surface area contributed by atoms with Crippen molar-refractivity contribution < 1.29 is 9.18 Å². The lowest BCUT2D eigenvalue weighted by Crippen LogP contribution is -2.35. The number of benzene rings is 1. The minimum absolute atomic E-state index is 0.00683. The number of hydrogen-bond acceptors (Lipinski definition) is 4. The van der Waals surface area contributed by atoms with Gasteiger partial charge >= 0.3 is 0 Å². The second-order valence-corrected chi connectivity index (χ2v) is 5.04. The van der Waals surface area contributed by atoms with Crippen molar-refractivity contribution in [3.05, 3.63) is 16.9 Å². The van der Waals surface area contributed by atoms with Crippen LogP contribution >= 0.6 is 11.6 Å². The Morgan fingerprint density at radius 2 is 2.21 bits per heavy atom. The molecule has 1 atom stereocenters. The molecule has 1 aromatic rings. The van der Waals surface area contributed by atoms with E-state index < -0.39 is 5.82 Å². The Hall–Kier alpha value is -1.69. The van der Waals surface area contributed by atoms with Crippen molar-refractivity contribution in [2.24, 2.45) is 0 Å². The van der Waals surface area contributed by atoms with Crippen LogP contribution in [0.15, 0.2) is 6.07 Å². The van der Waals surface area contributed by atoms with Gasteiger partial charge in [0.25, 0.3) is 0 Å². The minimum atomic E-state index is -0.609. The standard InChI is InChI=1S/C12H16ClFN4O/c1-6(19)17-7-2-3-18(5-7)12-9(16)4-8(15)10(13)11(12)14/h4,7H,2-3,5,15-16H2,1H3,(H,17,19). The number of halogens is 2. The van der Waals surface area contributed by atoms with Crippen LogP contribution in [0.4, 0.5) is 21.5 Å². The summed E-state index contributed by atoms with van der Waals surface area (Å²) >= 11 is 5.80. The van der Waals surface area contributed by atoms with Crippen LogP contribution in [0.5, 0.6) is 0 Å². The van der Waals surface area contributed by atoms with Crippen LogP contribution in [-0.2, 0) is 4.79 Å². The Balaban J connectivity index is 2.25. The Labute approximate surface area is 115 Å². The molecule has 1 fully saturated rings. The van der Waals surface area contributed by atoms with Gasteiger partial charge in [-0.25, -0.2) is 4.39 Å². The van der Waals surface area contributed by atoms with Gasteiger partial charge in [0.05, 0.1) is 17.1 Å². The maximum atomic E-state index is 14.1. The Morgan fingerprint density at radius 3 is 2.84 bits per heavy atom. The number of carbonyl (C=O) groups excluding carboxylic acids is 1. The molecule has 1 saturated heterocycles. The average Bonchev–Trinajstić information content (AvgIpc) is 2.73. The molecule has 1 unspecified atom stereocenters. The smallest absolute Gasteiger partial charge is 0.217 e. The molecule has 7 heteroatoms. The van der Waals surface area contributed by atoms with Crippen molar-refractivity contribution >= 4 is 34.6 Å². The van der Waals surface area contributed by atoms with Crippen molar-refractivity contribution in [2.45, 2.75) is 19.4 Å². The molecule has 0 radical (unpaired) electrons. The fourth-order valence-corrected chi connectivity index (χ4v) is 2.49. The van der Waals surface area contributed by atoms with E-state index in [0.29, 0.717) is 13.1 Å². The first-order valence-electron chi connectivity index (χ1n) is 5.95. The van der Waals surface area contributed by atoms with Crippen LogP contribution in [0.1, 0.15) is 13.3 Å². The molecule has 5 N–H and O–H groups in total. The number of hydrogen-bond donors (Lipinski definition) is 3. The van der Waals surface area contributed by atoms with E-state index in [1.54, 1.807) is 4.90 Å². The average molecular weight is 287 g/mol. The molecule has 0 saturated carbocycles. The molecule has 104 valence electrons. The molecular formula is C12H16ClFN4O. The number of nitrogens with zero attached hydrogens (tertiary/aromatic N) is 1. The van der Waals surface area contributed by atoms with Crippen molar-refractivity contribution in [1.29, 1.82) is 0 Å². The monoisotopic (exact) mass is 286 g/mol. The first-order chi connectivity index (χ1) is 8.90. The summed E-state index contributed by atoms with van der Waals surface area (Å²) in [7, 11) is 0. The molecule has 1 aromatic carbocycles. The second kappa shape index (κ2) is 5.13. The number of nitrogen functional groups attached to an aromatic ring is 2. The van der Waals surface area contributed by atoms with Crippen molar-refractivity contribution in [2.75, 3.05) is 29.5 Å². The third-order valence-corrected chi connectivity index (χ3v) is 3.53. The van der Waals surface area contributed by atoms with Gasteiger partial charge in [-0.05, 0) is 12.5 Å². The fourth-order valence-electron chi connectivity index (χ4n) is 2.35. The van der Waals surface area contributed by atoms with Crippen LogP contribution in [0.2, 0.25) is 5.02 Å². The zero-order valence-corrected chi connectivity index (χ0v) is 11.3. The number of anilines is 3. The third kappa shape index (κ3) is 2.68. The Morgan fingerprint density at radius 1 is 1.53 bits per heavy atom. The lowest BCUT2D eigenvalue weighted by molar-refractivity contribution is -0.119. The van der Waals surface area contributed by atoms with E-state index >= 15 is 0 Å². The molecule has 0 aromatic heterocycles. The molecule has 2 rings (SSSR count). The summed E-state index contributed by atoms with van der Waals surface area (Å²) in [6.45, 7) is 2.56. The quantitative estimate of drug-likeness (QED) is 0.717. The molecule has 0 spiro atoms. The number of nitrogens with two attached hydrogens (primary N) is 2. The first-order valence-corrected chi connectivity index (χ1v) is 6.33. The van der Waals surface area contributed by atoms with Gasteiger partial charge in [0.2, 0.25) is 5.91 Å². The molecule has 0 aliphatic carbocycles. The largest absolute Gasteiger partial charge is 0.397 e. The number of carbonyl (C=O) groups is 1. The maximum absolute atomic E-state index is 14.1. The zero-order valence-electron chi connectivity index (χ0n) is 10.5. The zero-order chi connectivity index (χ0) is 14.2. The Bertz CT molecular complexity index is 523. The summed E-state index contributed by atoms with van der Waals surface area (Å²) in [4.78, 5) is 12.8. The van der Waals surface area contributed by atoms with E-state index in [-0.39, 0.29) is 34.0 Å². The van der Waals surface area contributed by atoms with Crippen molar-refractivity contribution in [3.63, 3.8) is 0 Å². The highest BCUT2D eigenvalue weighted by atomic mass is 35.5. The van der Waals surface area contributed by atoms with E-state index in [1.807, 2.05) is 0 Å². The van der Waals surface area contributed by atoms with Gasteiger partial charge in [-0.3, -0.25) is 4.79 Å². The summed E-state index contributed by atoms with van der Waals surface area (Å²) in [5, 5.41) is 2.69. The van der Waals surface area contributed by atoms with E-state index in [1.165, 1.54) is 13.0 Å². The Kier molecular flexibility index (Phi) is 3.71. The number of nitrogens with one attached hydrogen (secondary N) is 1. The van der Waals surface area contributed by atoms with Gasteiger partial charge in [-0.2, -0.15) is 0 Å². The van der Waals surface area contributed by atoms with Crippen LogP contribution < -0.4 is 21.7 Å². The molecule has 1 amide bonds. The van der Waals surface area contributed by atoms with E-state index in [2.05, 4.69) is 5.32 Å². The summed E-state index contributed by atoms with van der Waals surface area (Å²) in [6, 6.07) is 1.44. The van der Waals surface area contributed by atoms with Gasteiger partial charge in [0.1, 0.15) is 5.02 Å². The van der Waals surface area contributed by atoms with Gasteiger partial charge in [-0.1, -0.05) is 11.6 Å². The highest BCUT2D eigenvalue weighted by Gasteiger charge is 2.28. The van der Waals surface area contributed by atoms with Gasteiger partial charge < -0.3 is 21.7 Å². The van der Waals surface area contributed by atoms with Crippen LogP contribution in [0.3, 0.4) is 0 Å². The van der Waals surface area contributed by atoms with Crippen LogP contribution in [0.25, 0.3) is 0 Å². The minimum Gasteiger partial charge on any atom is -0.397 e. The molecule has 1 heterocycles. The first kappa shape index (κ1) is 13.7. The lowest BCUT2D eigenvalue weighted by atomic mass is 10.2. The molecule has 1 aliphatic rings. The second-order valence-electron chi connectivity index (χ2n) is 4.66. The summed E-state index contributed by atoms with van der Waals surface area (Å²) in [6.07, 6.45) is 0.737. The molecule has 1 aliphatic heterocycles. The SMILES string of the molecule is CC(=O)NC1CCN(c2c(N)cc(N)c(Cl)c2F)C1. The highest BCUT2D eigenvalue weighted by molar-refractivity contribution is 6.33. The van der Waals surface area contributed by atoms with Crippen molar-refractivity contribution in [3.8, 4) is 0 Å². The van der Waals surface area contributed by atoms with Crippen LogP contribution in [-0.4, -0.2) is 25.0 Å².